The maximum atomic E-state index is 11.8. The average Bonchev–Trinajstić information content (AvgIpc) is 2.63. The third-order valence-electron chi connectivity index (χ3n) is 2.21. The van der Waals surface area contributed by atoms with Crippen molar-refractivity contribution in [3.05, 3.63) is 34.7 Å². The standard InChI is InChI=1S/C10H13N5O/c1-2-7-14-10(16)15(13-12-14)9-5-3-8(11)4-6-9/h3-6H,2,7,11H2,1H3. The molecular weight excluding hydrogens is 206 g/mol. The molecule has 1 heterocycles. The first-order chi connectivity index (χ1) is 7.72. The van der Waals surface area contributed by atoms with Crippen LogP contribution in [0.1, 0.15) is 13.3 Å². The van der Waals surface area contributed by atoms with E-state index in [0.29, 0.717) is 17.9 Å². The molecule has 84 valence electrons. The van der Waals surface area contributed by atoms with Crippen molar-refractivity contribution in [2.24, 2.45) is 0 Å². The van der Waals surface area contributed by atoms with Crippen LogP contribution in [0.4, 0.5) is 5.69 Å². The molecular formula is C10H13N5O. The molecule has 0 saturated carbocycles. The van der Waals surface area contributed by atoms with Crippen LogP contribution in [0.3, 0.4) is 0 Å². The van der Waals surface area contributed by atoms with Crippen molar-refractivity contribution in [3.63, 3.8) is 0 Å². The van der Waals surface area contributed by atoms with Crippen LogP contribution in [0.15, 0.2) is 29.1 Å². The maximum absolute atomic E-state index is 11.8. The van der Waals surface area contributed by atoms with Gasteiger partial charge in [0.15, 0.2) is 0 Å². The molecule has 0 fully saturated rings. The number of aryl methyl sites for hydroxylation is 1. The number of nitrogens with two attached hydrogens (primary N) is 1. The van der Waals surface area contributed by atoms with E-state index in [4.69, 9.17) is 5.73 Å². The van der Waals surface area contributed by atoms with Crippen molar-refractivity contribution in [3.8, 4) is 5.69 Å². The molecule has 0 amide bonds. The molecule has 0 aliphatic heterocycles. The van der Waals surface area contributed by atoms with E-state index in [9.17, 15) is 4.79 Å². The minimum Gasteiger partial charge on any atom is -0.399 e. The van der Waals surface area contributed by atoms with E-state index in [1.165, 1.54) is 9.36 Å². The van der Waals surface area contributed by atoms with Gasteiger partial charge >= 0.3 is 5.69 Å². The van der Waals surface area contributed by atoms with Gasteiger partial charge in [-0.05, 0) is 41.1 Å². The number of hydrogen-bond acceptors (Lipinski definition) is 4. The zero-order chi connectivity index (χ0) is 11.5. The summed E-state index contributed by atoms with van der Waals surface area (Å²) in [5, 5.41) is 7.60. The number of anilines is 1. The van der Waals surface area contributed by atoms with Gasteiger partial charge in [-0.2, -0.15) is 9.36 Å². The average molecular weight is 219 g/mol. The van der Waals surface area contributed by atoms with Crippen molar-refractivity contribution in [1.29, 1.82) is 0 Å². The topological polar surface area (TPSA) is 78.7 Å². The van der Waals surface area contributed by atoms with E-state index >= 15 is 0 Å². The van der Waals surface area contributed by atoms with Gasteiger partial charge in [0, 0.05) is 12.2 Å². The number of nitrogen functional groups attached to an aromatic ring is 1. The highest BCUT2D eigenvalue weighted by atomic mass is 16.2. The Morgan fingerprint density at radius 1 is 1.25 bits per heavy atom. The van der Waals surface area contributed by atoms with Gasteiger partial charge in [0.25, 0.3) is 0 Å². The Hall–Kier alpha value is -2.11. The summed E-state index contributed by atoms with van der Waals surface area (Å²) in [6, 6.07) is 6.92. The van der Waals surface area contributed by atoms with Gasteiger partial charge in [-0.1, -0.05) is 6.92 Å². The Kier molecular flexibility index (Phi) is 2.72. The normalized spacial score (nSPS) is 10.6. The lowest BCUT2D eigenvalue weighted by molar-refractivity contribution is 0.564. The van der Waals surface area contributed by atoms with Crippen LogP contribution in [-0.4, -0.2) is 19.8 Å². The molecule has 0 aliphatic rings. The predicted octanol–water partition coefficient (Wildman–Crippen LogP) is 0.421. The molecule has 0 radical (unpaired) electrons. The van der Waals surface area contributed by atoms with Crippen molar-refractivity contribution in [1.82, 2.24) is 19.8 Å². The molecule has 2 aromatic rings. The van der Waals surface area contributed by atoms with Gasteiger partial charge in [0.1, 0.15) is 0 Å². The molecule has 16 heavy (non-hydrogen) atoms. The summed E-state index contributed by atoms with van der Waals surface area (Å²) in [6.45, 7) is 2.56. The fourth-order valence-electron chi connectivity index (χ4n) is 1.40. The summed E-state index contributed by atoms with van der Waals surface area (Å²) in [7, 11) is 0. The first-order valence-electron chi connectivity index (χ1n) is 5.11. The molecule has 6 heteroatoms. The van der Waals surface area contributed by atoms with E-state index in [2.05, 4.69) is 10.4 Å². The van der Waals surface area contributed by atoms with Gasteiger partial charge in [-0.3, -0.25) is 0 Å². The lowest BCUT2D eigenvalue weighted by Gasteiger charge is -1.98. The number of aromatic nitrogens is 4. The summed E-state index contributed by atoms with van der Waals surface area (Å²) in [5.41, 5.74) is 6.66. The number of hydrogen-bond donors (Lipinski definition) is 1. The van der Waals surface area contributed by atoms with E-state index in [-0.39, 0.29) is 5.69 Å². The Balaban J connectivity index is 2.41. The smallest absolute Gasteiger partial charge is 0.368 e. The second-order valence-electron chi connectivity index (χ2n) is 3.49. The van der Waals surface area contributed by atoms with Gasteiger partial charge in [0.05, 0.1) is 5.69 Å². The molecule has 0 saturated heterocycles. The molecule has 0 atom stereocenters. The van der Waals surface area contributed by atoms with Crippen LogP contribution < -0.4 is 11.4 Å². The van der Waals surface area contributed by atoms with Crippen molar-refractivity contribution in [2.75, 3.05) is 5.73 Å². The quantitative estimate of drug-likeness (QED) is 0.759. The SMILES string of the molecule is CCCn1nnn(-c2ccc(N)cc2)c1=O. The molecule has 1 aromatic heterocycles. The molecule has 0 spiro atoms. The fourth-order valence-corrected chi connectivity index (χ4v) is 1.40. The highest BCUT2D eigenvalue weighted by Gasteiger charge is 2.07. The third-order valence-corrected chi connectivity index (χ3v) is 2.21. The number of rotatable bonds is 3. The van der Waals surface area contributed by atoms with Crippen LogP contribution in [-0.2, 0) is 6.54 Å². The Morgan fingerprint density at radius 2 is 1.94 bits per heavy atom. The van der Waals surface area contributed by atoms with Gasteiger partial charge in [-0.25, -0.2) is 4.79 Å². The van der Waals surface area contributed by atoms with Crippen LogP contribution in [0.2, 0.25) is 0 Å². The second-order valence-corrected chi connectivity index (χ2v) is 3.49. The van der Waals surface area contributed by atoms with E-state index in [1.807, 2.05) is 6.92 Å². The monoisotopic (exact) mass is 219 g/mol. The molecule has 0 bridgehead atoms. The van der Waals surface area contributed by atoms with Crippen molar-refractivity contribution < 1.29 is 0 Å². The first-order valence-corrected chi connectivity index (χ1v) is 5.11. The number of nitrogens with zero attached hydrogens (tertiary/aromatic N) is 4. The summed E-state index contributed by atoms with van der Waals surface area (Å²) in [6.07, 6.45) is 0.848. The molecule has 6 nitrogen and oxygen atoms in total. The molecule has 1 aromatic carbocycles. The number of tetrazole rings is 1. The fraction of sp³-hybridized carbons (Fsp3) is 0.300. The highest BCUT2D eigenvalue weighted by Crippen LogP contribution is 2.07. The largest absolute Gasteiger partial charge is 0.399 e. The summed E-state index contributed by atoms with van der Waals surface area (Å²) >= 11 is 0. The zero-order valence-corrected chi connectivity index (χ0v) is 9.00. The number of benzene rings is 1. The van der Waals surface area contributed by atoms with Gasteiger partial charge < -0.3 is 5.73 Å². The molecule has 0 aliphatic carbocycles. The van der Waals surface area contributed by atoms with Crippen LogP contribution in [0.5, 0.6) is 0 Å². The first kappa shape index (κ1) is 10.4. The predicted molar refractivity (Wildman–Crippen MR) is 60.3 cm³/mol. The van der Waals surface area contributed by atoms with Gasteiger partial charge in [-0.15, -0.1) is 0 Å². The lowest BCUT2D eigenvalue weighted by Crippen LogP contribution is -2.24. The minimum absolute atomic E-state index is 0.230. The molecule has 2 rings (SSSR count). The zero-order valence-electron chi connectivity index (χ0n) is 9.00. The summed E-state index contributed by atoms with van der Waals surface area (Å²) in [4.78, 5) is 11.8. The molecule has 0 unspecified atom stereocenters. The third kappa shape index (κ3) is 1.81. The van der Waals surface area contributed by atoms with Crippen LogP contribution >= 0.6 is 0 Å². The van der Waals surface area contributed by atoms with Gasteiger partial charge in [0.2, 0.25) is 0 Å². The Morgan fingerprint density at radius 3 is 2.56 bits per heavy atom. The van der Waals surface area contributed by atoms with E-state index in [0.717, 1.165) is 6.42 Å². The van der Waals surface area contributed by atoms with Crippen molar-refractivity contribution >= 4 is 5.69 Å². The van der Waals surface area contributed by atoms with Crippen LogP contribution in [0.25, 0.3) is 5.69 Å². The summed E-state index contributed by atoms with van der Waals surface area (Å²) in [5.74, 6) is 0. The molecule has 2 N–H and O–H groups in total. The van der Waals surface area contributed by atoms with E-state index < -0.39 is 0 Å². The van der Waals surface area contributed by atoms with Crippen LogP contribution in [0, 0.1) is 0 Å². The highest BCUT2D eigenvalue weighted by molar-refractivity contribution is 5.44. The Bertz CT molecular complexity index is 525. The van der Waals surface area contributed by atoms with E-state index in [1.54, 1.807) is 24.3 Å². The Labute approximate surface area is 92.3 Å². The minimum atomic E-state index is -0.230. The van der Waals surface area contributed by atoms with Crippen molar-refractivity contribution in [2.45, 2.75) is 19.9 Å². The lowest BCUT2D eigenvalue weighted by atomic mass is 10.3. The maximum Gasteiger partial charge on any atom is 0.368 e. The summed E-state index contributed by atoms with van der Waals surface area (Å²) < 4.78 is 2.60. The second kappa shape index (κ2) is 4.18.